The minimum atomic E-state index is -2.74. The first kappa shape index (κ1) is 55.0. The van der Waals surface area contributed by atoms with Gasteiger partial charge in [0.2, 0.25) is 0 Å². The van der Waals surface area contributed by atoms with Crippen molar-refractivity contribution in [1.82, 2.24) is 0 Å². The summed E-state index contributed by atoms with van der Waals surface area (Å²) in [5, 5.41) is 111. The average molecular weight is 736 g/mol. The van der Waals surface area contributed by atoms with E-state index in [4.69, 9.17) is 81.1 Å². The SMILES string of the molecule is O=C(O)C(=O)O.O=C(O)C=CC(=O)O.O=C(O)C=CC(=O)O.O=C(O)CC(=O)O.O=C(O)CC(O)(CC(=O)O)C(=O)O.O=C(O)CCC(=O)O. The highest BCUT2D eigenvalue weighted by Crippen LogP contribution is 2.15. The Labute approximate surface area is 274 Å². The topological polar surface area (TPSA) is 505 Å². The van der Waals surface area contributed by atoms with Crippen LogP contribution in [0.5, 0.6) is 0 Å². The smallest absolute Gasteiger partial charge is 0.414 e. The van der Waals surface area contributed by atoms with Crippen LogP contribution in [-0.2, 0) is 62.3 Å². The molecule has 50 heavy (non-hydrogen) atoms. The third-order valence-corrected chi connectivity index (χ3v) is 3.06. The number of carbonyl (C=O) groups is 13. The highest BCUT2D eigenvalue weighted by Gasteiger charge is 2.40. The zero-order valence-electron chi connectivity index (χ0n) is 24.4. The number of aliphatic carboxylic acids is 13. The van der Waals surface area contributed by atoms with Gasteiger partial charge in [-0.1, -0.05) is 0 Å². The molecule has 14 N–H and O–H groups in total. The fourth-order valence-electron chi connectivity index (χ4n) is 1.34. The summed E-state index contributed by atoms with van der Waals surface area (Å²) in [6, 6.07) is 0. The van der Waals surface area contributed by atoms with E-state index in [-0.39, 0.29) is 12.8 Å². The molecule has 0 unspecified atom stereocenters. The van der Waals surface area contributed by atoms with Gasteiger partial charge in [0.1, 0.15) is 6.42 Å². The van der Waals surface area contributed by atoms with E-state index in [0.717, 1.165) is 0 Å². The van der Waals surface area contributed by atoms with Gasteiger partial charge >= 0.3 is 77.6 Å². The number of hydrogen-bond donors (Lipinski definition) is 14. The van der Waals surface area contributed by atoms with Gasteiger partial charge in [-0.2, -0.15) is 0 Å². The van der Waals surface area contributed by atoms with Gasteiger partial charge in [0.25, 0.3) is 0 Å². The van der Waals surface area contributed by atoms with Crippen LogP contribution < -0.4 is 0 Å². The zero-order valence-corrected chi connectivity index (χ0v) is 24.4. The van der Waals surface area contributed by atoms with Gasteiger partial charge in [0.15, 0.2) is 5.60 Å². The van der Waals surface area contributed by atoms with Crippen LogP contribution in [0.3, 0.4) is 0 Å². The van der Waals surface area contributed by atoms with Crippen LogP contribution in [-0.4, -0.2) is 155 Å². The fourth-order valence-corrected chi connectivity index (χ4v) is 1.34. The molecule has 0 aliphatic rings. The molecule has 0 aliphatic heterocycles. The molecule has 27 heteroatoms. The summed E-state index contributed by atoms with van der Waals surface area (Å²) in [5.41, 5.74) is -2.74. The Kier molecular flexibility index (Phi) is 34.7. The van der Waals surface area contributed by atoms with Gasteiger partial charge in [-0.3, -0.25) is 28.8 Å². The molecule has 0 heterocycles. The molecule has 27 nitrogen and oxygen atoms in total. The van der Waals surface area contributed by atoms with Crippen LogP contribution in [0.1, 0.15) is 32.1 Å². The van der Waals surface area contributed by atoms with Crippen LogP contribution in [0.25, 0.3) is 0 Å². The largest absolute Gasteiger partial charge is 0.481 e. The van der Waals surface area contributed by atoms with Crippen LogP contribution >= 0.6 is 0 Å². The molecular formula is C23H28O27. The minimum Gasteiger partial charge on any atom is -0.481 e. The monoisotopic (exact) mass is 736 g/mol. The lowest BCUT2D eigenvalue weighted by Crippen LogP contribution is -2.42. The maximum Gasteiger partial charge on any atom is 0.414 e. The van der Waals surface area contributed by atoms with Crippen molar-refractivity contribution < 1.29 is 134 Å². The summed E-state index contributed by atoms with van der Waals surface area (Å²) in [4.78, 5) is 125. The number of rotatable bonds is 14. The molecule has 282 valence electrons. The van der Waals surface area contributed by atoms with E-state index in [2.05, 4.69) is 0 Å². The van der Waals surface area contributed by atoms with E-state index in [0.29, 0.717) is 24.3 Å². The Hall–Kier alpha value is -7.45. The first-order valence-electron chi connectivity index (χ1n) is 11.4. The van der Waals surface area contributed by atoms with Gasteiger partial charge in [0.05, 0.1) is 25.7 Å². The molecule has 0 aromatic rings. The molecule has 0 radical (unpaired) electrons. The Morgan fingerprint density at radius 1 is 0.360 bits per heavy atom. The average Bonchev–Trinajstić information content (AvgIpc) is 2.89. The molecule has 0 aliphatic carbocycles. The van der Waals surface area contributed by atoms with E-state index in [9.17, 15) is 52.7 Å². The van der Waals surface area contributed by atoms with Crippen molar-refractivity contribution in [2.45, 2.75) is 37.7 Å². The van der Waals surface area contributed by atoms with Gasteiger partial charge in [-0.05, 0) is 0 Å². The van der Waals surface area contributed by atoms with Crippen molar-refractivity contribution >= 4 is 77.6 Å². The Balaban J connectivity index is -0.000000119. The minimum absolute atomic E-state index is 0.296. The standard InChI is InChI=1S/C6H8O7.C4H6O4.2C4H4O4.C3H4O4.C2H2O4/c7-3(8)1-6(13,5(11)12)2-4(9)10;3*5-3(6)1-2-4(7)8;4-2(5)1-3(6)7;3-1(4)2(5)6/h13H,1-2H2,(H,7,8)(H,9,10)(H,11,12);1-2H2,(H,5,6)(H,7,8);2*1-2H,(H,5,6)(H,7,8);1H2,(H,4,5)(H,6,7);(H,3,4)(H,5,6). The summed E-state index contributed by atoms with van der Waals surface area (Å²) in [7, 11) is 0. The van der Waals surface area contributed by atoms with E-state index >= 15 is 0 Å². The number of carboxylic acid groups (broad SMARTS) is 13. The molecular weight excluding hydrogens is 708 g/mol. The molecule has 0 fully saturated rings. The van der Waals surface area contributed by atoms with Crippen LogP contribution in [0.15, 0.2) is 24.3 Å². The van der Waals surface area contributed by atoms with Crippen molar-refractivity contribution in [2.24, 2.45) is 0 Å². The molecule has 0 aromatic heterocycles. The molecule has 0 bridgehead atoms. The highest BCUT2D eigenvalue weighted by molar-refractivity contribution is 6.27. The second kappa shape index (κ2) is 31.5. The third-order valence-electron chi connectivity index (χ3n) is 3.06. The lowest BCUT2D eigenvalue weighted by atomic mass is 9.96. The second-order valence-corrected chi connectivity index (χ2v) is 7.36. The highest BCUT2D eigenvalue weighted by atomic mass is 16.4. The molecule has 0 saturated heterocycles. The molecule has 0 aromatic carbocycles. The lowest BCUT2D eigenvalue weighted by molar-refractivity contribution is -0.170. The molecule has 0 saturated carbocycles. The van der Waals surface area contributed by atoms with E-state index in [1.54, 1.807) is 0 Å². The fraction of sp³-hybridized carbons (Fsp3) is 0.261. The predicted octanol–water partition coefficient (Wildman–Crippen LogP) is -3.19. The Morgan fingerprint density at radius 3 is 0.660 bits per heavy atom. The van der Waals surface area contributed by atoms with Crippen molar-refractivity contribution in [3.63, 3.8) is 0 Å². The van der Waals surface area contributed by atoms with Crippen molar-refractivity contribution in [3.8, 4) is 0 Å². The maximum atomic E-state index is 10.3. The van der Waals surface area contributed by atoms with E-state index in [1.807, 2.05) is 0 Å². The first-order valence-corrected chi connectivity index (χ1v) is 11.4. The van der Waals surface area contributed by atoms with Gasteiger partial charge in [0, 0.05) is 24.3 Å². The second-order valence-electron chi connectivity index (χ2n) is 7.36. The predicted molar refractivity (Wildman–Crippen MR) is 146 cm³/mol. The zero-order chi connectivity index (χ0) is 41.4. The summed E-state index contributed by atoms with van der Waals surface area (Å²) in [6.07, 6.45) is -1.46. The molecule has 0 atom stereocenters. The van der Waals surface area contributed by atoms with Crippen LogP contribution in [0, 0.1) is 0 Å². The quantitative estimate of drug-likeness (QED) is 0.0474. The van der Waals surface area contributed by atoms with Crippen molar-refractivity contribution in [1.29, 1.82) is 0 Å². The van der Waals surface area contributed by atoms with Crippen LogP contribution in [0.4, 0.5) is 0 Å². The molecule has 0 spiro atoms. The van der Waals surface area contributed by atoms with Crippen molar-refractivity contribution in [2.75, 3.05) is 0 Å². The lowest BCUT2D eigenvalue weighted by Gasteiger charge is -2.18. The third kappa shape index (κ3) is 63.7. The Bertz CT molecular complexity index is 1180. The van der Waals surface area contributed by atoms with E-state index in [1.165, 1.54) is 0 Å². The van der Waals surface area contributed by atoms with Crippen molar-refractivity contribution in [3.05, 3.63) is 24.3 Å². The molecule has 0 amide bonds. The van der Waals surface area contributed by atoms with E-state index < -0.39 is 102 Å². The summed E-state index contributed by atoms with van der Waals surface area (Å²) in [6.45, 7) is 0. The normalized spacial score (nSPS) is 9.22. The van der Waals surface area contributed by atoms with Gasteiger partial charge < -0.3 is 71.5 Å². The maximum absolute atomic E-state index is 10.3. The summed E-state index contributed by atoms with van der Waals surface area (Å²) >= 11 is 0. The number of carboxylic acids is 13. The number of aliphatic hydroxyl groups is 1. The van der Waals surface area contributed by atoms with Gasteiger partial charge in [-0.15, -0.1) is 0 Å². The molecule has 0 rings (SSSR count). The summed E-state index contributed by atoms with van der Waals surface area (Å²) < 4.78 is 0. The van der Waals surface area contributed by atoms with Crippen LogP contribution in [0.2, 0.25) is 0 Å². The van der Waals surface area contributed by atoms with Gasteiger partial charge in [-0.25, -0.2) is 33.6 Å². The Morgan fingerprint density at radius 2 is 0.580 bits per heavy atom. The number of hydrogen-bond acceptors (Lipinski definition) is 14. The first-order chi connectivity index (χ1) is 22.4. The summed E-state index contributed by atoms with van der Waals surface area (Å²) in [5.74, 6) is -18.5.